The lowest BCUT2D eigenvalue weighted by atomic mass is 10.4. The van der Waals surface area contributed by atoms with Crippen LogP contribution in [-0.4, -0.2) is 19.4 Å². The molecule has 11 heavy (non-hydrogen) atoms. The fourth-order valence-electron chi connectivity index (χ4n) is 0.581. The van der Waals surface area contributed by atoms with Crippen molar-refractivity contribution in [1.82, 2.24) is 10.3 Å². The molecule has 6 heteroatoms. The predicted molar refractivity (Wildman–Crippen MR) is 39.0 cm³/mol. The first-order valence-corrected chi connectivity index (χ1v) is 3.57. The van der Waals surface area contributed by atoms with Crippen LogP contribution >= 0.6 is 11.9 Å². The van der Waals surface area contributed by atoms with E-state index in [4.69, 9.17) is 0 Å². The van der Waals surface area contributed by atoms with Crippen molar-refractivity contribution in [2.75, 3.05) is 7.11 Å². The maximum absolute atomic E-state index is 10.8. The molecule has 0 saturated carbocycles. The van der Waals surface area contributed by atoms with Crippen LogP contribution in [0, 0.1) is 0 Å². The van der Waals surface area contributed by atoms with Gasteiger partial charge in [0.15, 0.2) is 12.0 Å². The van der Waals surface area contributed by atoms with Crippen LogP contribution in [0.2, 0.25) is 0 Å². The van der Waals surface area contributed by atoms with E-state index in [0.29, 0.717) is 11.2 Å². The Morgan fingerprint density at radius 3 is 3.00 bits per heavy atom. The zero-order valence-corrected chi connectivity index (χ0v) is 6.53. The highest BCUT2D eigenvalue weighted by atomic mass is 32.2. The van der Waals surface area contributed by atoms with Crippen LogP contribution in [0.5, 0.6) is 0 Å². The molecule has 0 aliphatic carbocycles. The molecule has 1 rings (SSSR count). The van der Waals surface area contributed by atoms with Gasteiger partial charge in [0.2, 0.25) is 0 Å². The van der Waals surface area contributed by atoms with Gasteiger partial charge in [-0.2, -0.15) is 4.83 Å². The van der Waals surface area contributed by atoms with E-state index in [0.717, 1.165) is 11.9 Å². The van der Waals surface area contributed by atoms with Crippen molar-refractivity contribution in [3.05, 3.63) is 10.6 Å². The number of hydrazine groups is 1. The van der Waals surface area contributed by atoms with Crippen molar-refractivity contribution < 1.29 is 14.3 Å². The van der Waals surface area contributed by atoms with Crippen molar-refractivity contribution in [1.29, 1.82) is 0 Å². The van der Waals surface area contributed by atoms with Gasteiger partial charge in [-0.1, -0.05) is 0 Å². The van der Waals surface area contributed by atoms with Crippen LogP contribution in [0.3, 0.4) is 0 Å². The zero-order chi connectivity index (χ0) is 8.27. The van der Waals surface area contributed by atoms with E-state index in [1.54, 1.807) is 0 Å². The number of aldehydes is 1. The summed E-state index contributed by atoms with van der Waals surface area (Å²) in [6.07, 6.45) is 0.587. The van der Waals surface area contributed by atoms with Gasteiger partial charge in [0.05, 0.1) is 12.0 Å². The van der Waals surface area contributed by atoms with E-state index in [1.807, 2.05) is 0 Å². The number of hydrogen-bond acceptors (Lipinski definition) is 6. The molecule has 0 radical (unpaired) electrons. The number of esters is 1. The SMILES string of the molecule is COC(=O)C1=C(C=O)SNN1. The third-order valence-corrected chi connectivity index (χ3v) is 1.80. The standard InChI is InChI=1S/C5H6N2O3S/c1-10-5(9)4-3(2-8)11-7-6-4/h2,6-7H,1H3. The van der Waals surface area contributed by atoms with Crippen molar-refractivity contribution >= 4 is 24.2 Å². The molecule has 0 bridgehead atoms. The lowest BCUT2D eigenvalue weighted by Crippen LogP contribution is -2.24. The lowest BCUT2D eigenvalue weighted by molar-refractivity contribution is -0.136. The van der Waals surface area contributed by atoms with Gasteiger partial charge in [0.25, 0.3) is 0 Å². The van der Waals surface area contributed by atoms with Gasteiger partial charge in [-0.05, 0) is 11.9 Å². The van der Waals surface area contributed by atoms with Crippen molar-refractivity contribution in [3.8, 4) is 0 Å². The Kier molecular flexibility index (Phi) is 2.50. The van der Waals surface area contributed by atoms with Gasteiger partial charge < -0.3 is 10.2 Å². The minimum atomic E-state index is -0.551. The molecule has 60 valence electrons. The summed E-state index contributed by atoms with van der Waals surface area (Å²) in [6.45, 7) is 0. The Bertz CT molecular complexity index is 226. The number of allylic oxidation sites excluding steroid dienone is 1. The van der Waals surface area contributed by atoms with E-state index < -0.39 is 5.97 Å². The van der Waals surface area contributed by atoms with Crippen LogP contribution < -0.4 is 10.3 Å². The Morgan fingerprint density at radius 1 is 1.73 bits per heavy atom. The number of rotatable bonds is 2. The Morgan fingerprint density at radius 2 is 2.45 bits per heavy atom. The van der Waals surface area contributed by atoms with E-state index in [1.165, 1.54) is 7.11 Å². The second-order valence-corrected chi connectivity index (χ2v) is 2.53. The summed E-state index contributed by atoms with van der Waals surface area (Å²) >= 11 is 1.04. The first-order valence-electron chi connectivity index (χ1n) is 2.75. The van der Waals surface area contributed by atoms with Crippen molar-refractivity contribution in [2.45, 2.75) is 0 Å². The fourth-order valence-corrected chi connectivity index (χ4v) is 1.13. The number of carbonyl (C=O) groups is 2. The third-order valence-electron chi connectivity index (χ3n) is 1.08. The van der Waals surface area contributed by atoms with Crippen LogP contribution in [0.25, 0.3) is 0 Å². The molecule has 0 aromatic heterocycles. The first kappa shape index (κ1) is 8.09. The number of nitrogens with one attached hydrogen (secondary N) is 2. The largest absolute Gasteiger partial charge is 0.464 e. The molecule has 0 atom stereocenters. The van der Waals surface area contributed by atoms with Crippen LogP contribution in [0.1, 0.15) is 0 Å². The molecule has 0 spiro atoms. The Labute approximate surface area is 67.3 Å². The molecule has 1 aliphatic heterocycles. The normalized spacial score (nSPS) is 16.1. The summed E-state index contributed by atoms with van der Waals surface area (Å²) in [4.78, 5) is 24.0. The van der Waals surface area contributed by atoms with E-state index in [2.05, 4.69) is 15.0 Å². The molecule has 0 unspecified atom stereocenters. The maximum atomic E-state index is 10.8. The van der Waals surface area contributed by atoms with Gasteiger partial charge in [-0.15, -0.1) is 0 Å². The minimum Gasteiger partial charge on any atom is -0.464 e. The molecule has 1 aliphatic rings. The number of carbonyl (C=O) groups excluding carboxylic acids is 2. The summed E-state index contributed by atoms with van der Waals surface area (Å²) in [5, 5.41) is 0. The number of methoxy groups -OCH3 is 1. The summed E-state index contributed by atoms with van der Waals surface area (Å²) in [5.74, 6) is -0.551. The van der Waals surface area contributed by atoms with Gasteiger partial charge in [0, 0.05) is 0 Å². The summed E-state index contributed by atoms with van der Waals surface area (Å²) in [7, 11) is 1.25. The average molecular weight is 174 g/mol. The van der Waals surface area contributed by atoms with Crippen molar-refractivity contribution in [2.24, 2.45) is 0 Å². The molecule has 0 aromatic carbocycles. The second-order valence-electron chi connectivity index (χ2n) is 1.68. The quantitative estimate of drug-likeness (QED) is 0.328. The highest BCUT2D eigenvalue weighted by Gasteiger charge is 2.21. The molecule has 1 heterocycles. The minimum absolute atomic E-state index is 0.160. The van der Waals surface area contributed by atoms with Crippen LogP contribution in [0.15, 0.2) is 10.6 Å². The monoisotopic (exact) mass is 174 g/mol. The van der Waals surface area contributed by atoms with Gasteiger partial charge in [-0.3, -0.25) is 4.79 Å². The second kappa shape index (κ2) is 3.40. The molecular weight excluding hydrogens is 168 g/mol. The number of hydrogen-bond donors (Lipinski definition) is 2. The number of ether oxygens (including phenoxy) is 1. The summed E-state index contributed by atoms with van der Waals surface area (Å²) < 4.78 is 4.39. The molecule has 0 amide bonds. The summed E-state index contributed by atoms with van der Waals surface area (Å²) in [5.41, 5.74) is 2.65. The smallest absolute Gasteiger partial charge is 0.356 e. The lowest BCUT2D eigenvalue weighted by Gasteiger charge is -1.98. The van der Waals surface area contributed by atoms with E-state index in [-0.39, 0.29) is 5.70 Å². The third kappa shape index (κ3) is 1.52. The van der Waals surface area contributed by atoms with Crippen molar-refractivity contribution in [3.63, 3.8) is 0 Å². The first-order chi connectivity index (χ1) is 5.29. The van der Waals surface area contributed by atoms with Crippen LogP contribution in [-0.2, 0) is 14.3 Å². The van der Waals surface area contributed by atoms with Gasteiger partial charge in [-0.25, -0.2) is 4.79 Å². The Balaban J connectivity index is 2.82. The molecule has 5 nitrogen and oxygen atoms in total. The van der Waals surface area contributed by atoms with E-state index >= 15 is 0 Å². The van der Waals surface area contributed by atoms with Gasteiger partial charge >= 0.3 is 5.97 Å². The molecule has 2 N–H and O–H groups in total. The topological polar surface area (TPSA) is 67.4 Å². The van der Waals surface area contributed by atoms with Crippen LogP contribution in [0.4, 0.5) is 0 Å². The fraction of sp³-hybridized carbons (Fsp3) is 0.200. The maximum Gasteiger partial charge on any atom is 0.356 e. The predicted octanol–water partition coefficient (Wildman–Crippen LogP) is -0.674. The Hall–Kier alpha value is -1.01. The summed E-state index contributed by atoms with van der Waals surface area (Å²) in [6, 6.07) is 0. The molecule has 0 aromatic rings. The average Bonchev–Trinajstić information content (AvgIpc) is 2.50. The zero-order valence-electron chi connectivity index (χ0n) is 5.71. The molecular formula is C5H6N2O3S. The molecule has 0 saturated heterocycles. The van der Waals surface area contributed by atoms with Gasteiger partial charge in [0.1, 0.15) is 0 Å². The highest BCUT2D eigenvalue weighted by Crippen LogP contribution is 2.17. The molecule has 0 fully saturated rings. The highest BCUT2D eigenvalue weighted by molar-refractivity contribution is 8.02. The van der Waals surface area contributed by atoms with E-state index in [9.17, 15) is 9.59 Å².